The van der Waals surface area contributed by atoms with E-state index in [1.54, 1.807) is 6.20 Å². The number of likely N-dealkylation sites (tertiary alicyclic amines) is 1. The third-order valence-corrected chi connectivity index (χ3v) is 4.32. The van der Waals surface area contributed by atoms with Crippen molar-refractivity contribution in [2.75, 3.05) is 0 Å². The molecule has 1 aromatic carbocycles. The molecule has 21 heavy (non-hydrogen) atoms. The first-order valence-corrected chi connectivity index (χ1v) is 7.70. The topological polar surface area (TPSA) is 69.2 Å². The lowest BCUT2D eigenvalue weighted by Crippen LogP contribution is -2.37. The molecular weight excluding hydrogens is 334 g/mol. The van der Waals surface area contributed by atoms with Crippen LogP contribution in [0.5, 0.6) is 0 Å². The quantitative estimate of drug-likeness (QED) is 0.889. The van der Waals surface area contributed by atoms with Crippen molar-refractivity contribution in [3.63, 3.8) is 0 Å². The predicted octanol–water partition coefficient (Wildman–Crippen LogP) is 3.60. The van der Waals surface area contributed by atoms with E-state index in [2.05, 4.69) is 25.9 Å². The third-order valence-electron chi connectivity index (χ3n) is 3.92. The van der Waals surface area contributed by atoms with E-state index >= 15 is 0 Å². The Balaban J connectivity index is 1.81. The van der Waals surface area contributed by atoms with Crippen LogP contribution in [0.25, 0.3) is 0 Å². The van der Waals surface area contributed by atoms with Crippen LogP contribution in [0.1, 0.15) is 30.3 Å². The molecule has 3 rings (SSSR count). The zero-order chi connectivity index (χ0) is 14.8. The van der Waals surface area contributed by atoms with Gasteiger partial charge in [0, 0.05) is 6.04 Å². The first-order chi connectivity index (χ1) is 10.1. The minimum Gasteiger partial charge on any atom is -0.465 e. The molecule has 110 valence electrons. The van der Waals surface area contributed by atoms with Gasteiger partial charge in [-0.2, -0.15) is 0 Å². The second-order valence-corrected chi connectivity index (χ2v) is 6.10. The maximum atomic E-state index is 11.7. The number of aromatic nitrogens is 2. The molecule has 2 unspecified atom stereocenters. The molecule has 1 aromatic heterocycles. The molecule has 0 aliphatic carbocycles. The van der Waals surface area contributed by atoms with Gasteiger partial charge in [-0.05, 0) is 40.8 Å². The van der Waals surface area contributed by atoms with Crippen LogP contribution in [0.2, 0.25) is 0 Å². The molecule has 1 aliphatic rings. The van der Waals surface area contributed by atoms with E-state index in [-0.39, 0.29) is 12.1 Å². The normalized spacial score (nSPS) is 21.7. The van der Waals surface area contributed by atoms with Gasteiger partial charge in [0.25, 0.3) is 0 Å². The Bertz CT molecular complexity index is 629. The smallest absolute Gasteiger partial charge is 0.408 e. The van der Waals surface area contributed by atoms with Crippen LogP contribution in [0.15, 0.2) is 41.1 Å². The zero-order valence-corrected chi connectivity index (χ0v) is 13.0. The fraction of sp³-hybridized carbons (Fsp3) is 0.333. The number of halogens is 1. The SMILES string of the molecule is O=C(O)N1C(Cc2ccccc2)CCC1c1ncc(Br)[nH]1. The predicted molar refractivity (Wildman–Crippen MR) is 82.1 cm³/mol. The summed E-state index contributed by atoms with van der Waals surface area (Å²) in [6.07, 6.45) is 3.17. The molecule has 5 nitrogen and oxygen atoms in total. The van der Waals surface area contributed by atoms with Gasteiger partial charge in [-0.25, -0.2) is 9.78 Å². The summed E-state index contributed by atoms with van der Waals surface area (Å²) in [5.41, 5.74) is 1.16. The molecular formula is C15H16BrN3O2. The number of hydrogen-bond donors (Lipinski definition) is 2. The van der Waals surface area contributed by atoms with Gasteiger partial charge in [-0.3, -0.25) is 4.90 Å². The molecule has 0 saturated carbocycles. The first kappa shape index (κ1) is 14.1. The van der Waals surface area contributed by atoms with Gasteiger partial charge in [0.1, 0.15) is 10.4 Å². The molecule has 1 aliphatic heterocycles. The van der Waals surface area contributed by atoms with E-state index in [0.29, 0.717) is 5.82 Å². The Hall–Kier alpha value is -1.82. The molecule has 0 radical (unpaired) electrons. The fourth-order valence-electron chi connectivity index (χ4n) is 3.01. The van der Waals surface area contributed by atoms with Crippen LogP contribution in [0.3, 0.4) is 0 Å². The van der Waals surface area contributed by atoms with Gasteiger partial charge in [0.05, 0.1) is 12.2 Å². The van der Waals surface area contributed by atoms with E-state index in [4.69, 9.17) is 0 Å². The summed E-state index contributed by atoms with van der Waals surface area (Å²) >= 11 is 3.32. The highest BCUT2D eigenvalue weighted by atomic mass is 79.9. The standard InChI is InChI=1S/C15H16BrN3O2/c16-13-9-17-14(18-13)12-7-6-11(19(12)15(20)21)8-10-4-2-1-3-5-10/h1-5,9,11-12H,6-8H2,(H,17,18)(H,20,21). The van der Waals surface area contributed by atoms with Crippen LogP contribution in [-0.4, -0.2) is 32.1 Å². The Morgan fingerprint density at radius 3 is 2.76 bits per heavy atom. The van der Waals surface area contributed by atoms with Crippen molar-refractivity contribution in [1.82, 2.24) is 14.9 Å². The van der Waals surface area contributed by atoms with Crippen LogP contribution in [0, 0.1) is 0 Å². The van der Waals surface area contributed by atoms with Crippen molar-refractivity contribution in [1.29, 1.82) is 0 Å². The number of imidazole rings is 1. The van der Waals surface area contributed by atoms with Crippen LogP contribution in [-0.2, 0) is 6.42 Å². The highest BCUT2D eigenvalue weighted by Gasteiger charge is 2.39. The van der Waals surface area contributed by atoms with Gasteiger partial charge in [0.2, 0.25) is 0 Å². The Morgan fingerprint density at radius 1 is 1.38 bits per heavy atom. The summed E-state index contributed by atoms with van der Waals surface area (Å²) in [6.45, 7) is 0. The molecule has 2 heterocycles. The number of H-pyrrole nitrogens is 1. The lowest BCUT2D eigenvalue weighted by Gasteiger charge is -2.26. The number of carboxylic acid groups (broad SMARTS) is 1. The van der Waals surface area contributed by atoms with Crippen molar-refractivity contribution in [3.05, 3.63) is 52.5 Å². The second-order valence-electron chi connectivity index (χ2n) is 5.24. The van der Waals surface area contributed by atoms with E-state index in [0.717, 1.165) is 29.4 Å². The monoisotopic (exact) mass is 349 g/mol. The molecule has 0 bridgehead atoms. The van der Waals surface area contributed by atoms with Crippen molar-refractivity contribution in [3.8, 4) is 0 Å². The van der Waals surface area contributed by atoms with Gasteiger partial charge >= 0.3 is 6.09 Å². The van der Waals surface area contributed by atoms with Crippen molar-refractivity contribution >= 4 is 22.0 Å². The average Bonchev–Trinajstić information content (AvgIpc) is 3.06. The summed E-state index contributed by atoms with van der Waals surface area (Å²) in [5.74, 6) is 0.708. The lowest BCUT2D eigenvalue weighted by atomic mass is 10.0. The van der Waals surface area contributed by atoms with Crippen molar-refractivity contribution in [2.24, 2.45) is 0 Å². The molecule has 2 atom stereocenters. The summed E-state index contributed by atoms with van der Waals surface area (Å²) in [5, 5.41) is 9.57. The molecule has 1 fully saturated rings. The van der Waals surface area contributed by atoms with E-state index < -0.39 is 6.09 Å². The molecule has 1 saturated heterocycles. The largest absolute Gasteiger partial charge is 0.465 e. The van der Waals surface area contributed by atoms with Gasteiger partial charge in [0.15, 0.2) is 0 Å². The number of aromatic amines is 1. The Kier molecular flexibility index (Phi) is 3.96. The third kappa shape index (κ3) is 2.95. The van der Waals surface area contributed by atoms with E-state index in [9.17, 15) is 9.90 Å². The van der Waals surface area contributed by atoms with Gasteiger partial charge in [-0.1, -0.05) is 30.3 Å². The number of nitrogens with zero attached hydrogens (tertiary/aromatic N) is 2. The number of benzene rings is 1. The van der Waals surface area contributed by atoms with Gasteiger partial charge < -0.3 is 10.1 Å². The number of carbonyl (C=O) groups is 1. The minimum absolute atomic E-state index is 0.00113. The lowest BCUT2D eigenvalue weighted by molar-refractivity contribution is 0.120. The number of nitrogens with one attached hydrogen (secondary N) is 1. The Labute approximate surface area is 131 Å². The Morgan fingerprint density at radius 2 is 2.14 bits per heavy atom. The van der Waals surface area contributed by atoms with Crippen molar-refractivity contribution < 1.29 is 9.90 Å². The fourth-order valence-corrected chi connectivity index (χ4v) is 3.32. The zero-order valence-electron chi connectivity index (χ0n) is 11.4. The summed E-state index contributed by atoms with van der Waals surface area (Å²) in [4.78, 5) is 20.6. The molecule has 2 N–H and O–H groups in total. The highest BCUT2D eigenvalue weighted by Crippen LogP contribution is 2.36. The first-order valence-electron chi connectivity index (χ1n) is 6.90. The highest BCUT2D eigenvalue weighted by molar-refractivity contribution is 9.10. The number of amides is 1. The summed E-state index contributed by atoms with van der Waals surface area (Å²) in [6, 6.07) is 9.82. The summed E-state index contributed by atoms with van der Waals surface area (Å²) in [7, 11) is 0. The molecule has 1 amide bonds. The number of rotatable bonds is 3. The van der Waals surface area contributed by atoms with Crippen LogP contribution < -0.4 is 0 Å². The van der Waals surface area contributed by atoms with Crippen LogP contribution in [0.4, 0.5) is 4.79 Å². The summed E-state index contributed by atoms with van der Waals surface area (Å²) < 4.78 is 0.773. The molecule has 0 spiro atoms. The molecule has 6 heteroatoms. The maximum absolute atomic E-state index is 11.7. The molecule has 2 aromatic rings. The van der Waals surface area contributed by atoms with Crippen LogP contribution >= 0.6 is 15.9 Å². The maximum Gasteiger partial charge on any atom is 0.408 e. The average molecular weight is 350 g/mol. The van der Waals surface area contributed by atoms with Gasteiger partial charge in [-0.15, -0.1) is 0 Å². The minimum atomic E-state index is -0.883. The van der Waals surface area contributed by atoms with E-state index in [1.165, 1.54) is 4.90 Å². The van der Waals surface area contributed by atoms with E-state index in [1.807, 2.05) is 30.3 Å². The second kappa shape index (κ2) is 5.89. The van der Waals surface area contributed by atoms with Crippen molar-refractivity contribution in [2.45, 2.75) is 31.3 Å². The number of hydrogen-bond acceptors (Lipinski definition) is 2.